The van der Waals surface area contributed by atoms with Gasteiger partial charge in [0, 0.05) is 109 Å². The number of nitrogens with one attached hydrogen (secondary N) is 1. The summed E-state index contributed by atoms with van der Waals surface area (Å²) < 4.78 is 16.6. The number of hydrogen-bond donors (Lipinski definition) is 1. The van der Waals surface area contributed by atoms with Crippen LogP contribution in [0.2, 0.25) is 0 Å². The molecule has 4 fully saturated rings. The van der Waals surface area contributed by atoms with E-state index in [1.165, 1.54) is 27.9 Å². The standard InChI is InChI=1S/C24H35N3O4.C19H27N3O2/c1-18(28)26-9-7-24(8-10-26)17-27(22(29)31-23(2,3)4)21-6-5-19(15-20(21)24)16-25-11-13-30-14-12-25;1-15(23)22-6-4-19(5-7-22)14-20-18-3-2-16(12-17(18)19)13-21-8-10-24-11-9-21/h5-6,15H,7-14,16-17H2,1-4H3;2-3,12,20H,4-11,13-14H2,1H3. The SMILES string of the molecule is CC(=O)N1CCC2(CC1)CN(C(=O)OC(C)(C)C)c1ccc(CN3CCOCC3)cc12.CC(=O)N1CCC2(CC1)CNc1ccc(CN3CCOCC3)cc12. The lowest BCUT2D eigenvalue weighted by Crippen LogP contribution is -2.47. The van der Waals surface area contributed by atoms with Gasteiger partial charge < -0.3 is 29.3 Å². The highest BCUT2D eigenvalue weighted by Crippen LogP contribution is 2.48. The summed E-state index contributed by atoms with van der Waals surface area (Å²) in [5, 5.41) is 3.60. The fourth-order valence-electron chi connectivity index (χ4n) is 9.34. The Morgan fingerprint density at radius 1 is 0.691 bits per heavy atom. The molecular formula is C43H62N6O6. The van der Waals surface area contributed by atoms with Crippen LogP contribution < -0.4 is 10.2 Å². The van der Waals surface area contributed by atoms with E-state index < -0.39 is 5.60 Å². The van der Waals surface area contributed by atoms with Gasteiger partial charge in [-0.1, -0.05) is 24.3 Å². The molecule has 0 radical (unpaired) electrons. The number of carbonyl (C=O) groups is 3. The van der Waals surface area contributed by atoms with Crippen molar-refractivity contribution in [1.82, 2.24) is 19.6 Å². The van der Waals surface area contributed by atoms with Crippen LogP contribution >= 0.6 is 0 Å². The third-order valence-corrected chi connectivity index (χ3v) is 12.6. The van der Waals surface area contributed by atoms with Crippen LogP contribution in [-0.4, -0.2) is 135 Å². The molecule has 8 rings (SSSR count). The Bertz CT molecular complexity index is 1700. The monoisotopic (exact) mass is 758 g/mol. The van der Waals surface area contributed by atoms with Gasteiger partial charge in [-0.25, -0.2) is 4.79 Å². The highest BCUT2D eigenvalue weighted by atomic mass is 16.6. The van der Waals surface area contributed by atoms with E-state index in [1.807, 2.05) is 35.5 Å². The van der Waals surface area contributed by atoms with Gasteiger partial charge in [-0.2, -0.15) is 0 Å². The molecule has 12 heteroatoms. The number of rotatable bonds is 4. The van der Waals surface area contributed by atoms with E-state index in [-0.39, 0.29) is 28.7 Å². The number of nitrogens with zero attached hydrogens (tertiary/aromatic N) is 5. The molecular weight excluding hydrogens is 697 g/mol. The van der Waals surface area contributed by atoms with Gasteiger partial charge in [0.15, 0.2) is 0 Å². The van der Waals surface area contributed by atoms with Gasteiger partial charge in [0.2, 0.25) is 11.8 Å². The van der Waals surface area contributed by atoms with E-state index >= 15 is 0 Å². The summed E-state index contributed by atoms with van der Waals surface area (Å²) >= 11 is 0. The van der Waals surface area contributed by atoms with E-state index in [9.17, 15) is 14.4 Å². The van der Waals surface area contributed by atoms with E-state index in [0.717, 1.165) is 130 Å². The number of anilines is 2. The molecule has 1 N–H and O–H groups in total. The maximum Gasteiger partial charge on any atom is 0.414 e. The molecule has 3 amide bonds. The molecule has 55 heavy (non-hydrogen) atoms. The van der Waals surface area contributed by atoms with Crippen LogP contribution in [0.25, 0.3) is 0 Å². The second-order valence-corrected chi connectivity index (χ2v) is 17.5. The molecule has 0 bridgehead atoms. The molecule has 6 aliphatic heterocycles. The van der Waals surface area contributed by atoms with Crippen molar-refractivity contribution in [2.75, 3.05) is 102 Å². The van der Waals surface area contributed by atoms with Crippen LogP contribution in [0.4, 0.5) is 16.2 Å². The number of likely N-dealkylation sites (tertiary alicyclic amines) is 2. The van der Waals surface area contributed by atoms with Crippen LogP contribution in [0.1, 0.15) is 82.6 Å². The summed E-state index contributed by atoms with van der Waals surface area (Å²) in [5.74, 6) is 0.329. The number of ether oxygens (including phenoxy) is 3. The van der Waals surface area contributed by atoms with Gasteiger partial charge in [0.1, 0.15) is 5.60 Å². The topological polar surface area (TPSA) is 107 Å². The normalized spacial score (nSPS) is 22.1. The predicted molar refractivity (Wildman–Crippen MR) is 213 cm³/mol. The second kappa shape index (κ2) is 16.4. The van der Waals surface area contributed by atoms with E-state index in [0.29, 0.717) is 6.54 Å². The van der Waals surface area contributed by atoms with E-state index in [4.69, 9.17) is 14.2 Å². The van der Waals surface area contributed by atoms with Crippen molar-refractivity contribution in [1.29, 1.82) is 0 Å². The second-order valence-electron chi connectivity index (χ2n) is 17.5. The quantitative estimate of drug-likeness (QED) is 0.463. The van der Waals surface area contributed by atoms with Gasteiger partial charge in [-0.15, -0.1) is 0 Å². The summed E-state index contributed by atoms with van der Waals surface area (Å²) in [6.07, 6.45) is 3.56. The first-order chi connectivity index (χ1) is 26.3. The number of amides is 3. The average molecular weight is 759 g/mol. The minimum atomic E-state index is -0.540. The van der Waals surface area contributed by atoms with E-state index in [1.54, 1.807) is 13.8 Å². The zero-order valence-electron chi connectivity index (χ0n) is 33.8. The van der Waals surface area contributed by atoms with Gasteiger partial charge in [0.25, 0.3) is 0 Å². The summed E-state index contributed by atoms with van der Waals surface area (Å²) in [5.41, 5.74) is 7.15. The number of benzene rings is 2. The first-order valence-electron chi connectivity index (χ1n) is 20.5. The molecule has 0 aliphatic carbocycles. The van der Waals surface area contributed by atoms with Gasteiger partial charge in [0.05, 0.1) is 32.1 Å². The Labute approximate surface area is 327 Å². The Morgan fingerprint density at radius 2 is 1.18 bits per heavy atom. The highest BCUT2D eigenvalue weighted by Gasteiger charge is 2.48. The lowest BCUT2D eigenvalue weighted by Gasteiger charge is -2.39. The Kier molecular flexibility index (Phi) is 11.8. The molecule has 12 nitrogen and oxygen atoms in total. The molecule has 6 heterocycles. The van der Waals surface area contributed by atoms with Gasteiger partial charge >= 0.3 is 6.09 Å². The molecule has 4 saturated heterocycles. The van der Waals surface area contributed by atoms with Gasteiger partial charge in [-0.05, 0) is 80.8 Å². The third-order valence-electron chi connectivity index (χ3n) is 12.6. The average Bonchev–Trinajstić information content (AvgIpc) is 3.67. The Hall–Kier alpha value is -3.71. The van der Waals surface area contributed by atoms with Crippen molar-refractivity contribution >= 4 is 29.3 Å². The van der Waals surface area contributed by atoms with E-state index in [2.05, 4.69) is 51.5 Å². The maximum absolute atomic E-state index is 13.0. The Balaban J connectivity index is 0.000000174. The predicted octanol–water partition coefficient (Wildman–Crippen LogP) is 4.98. The number of hydrogen-bond acceptors (Lipinski definition) is 9. The minimum Gasteiger partial charge on any atom is -0.443 e. The van der Waals surface area contributed by atoms with Crippen LogP contribution in [-0.2, 0) is 47.7 Å². The molecule has 0 unspecified atom stereocenters. The zero-order valence-corrected chi connectivity index (χ0v) is 33.8. The summed E-state index contributed by atoms with van der Waals surface area (Å²) in [6, 6.07) is 13.4. The molecule has 0 saturated carbocycles. The lowest BCUT2D eigenvalue weighted by atomic mass is 9.74. The van der Waals surface area contributed by atoms with Crippen molar-refractivity contribution in [2.45, 2.75) is 89.8 Å². The molecule has 300 valence electrons. The number of piperidine rings is 2. The van der Waals surface area contributed by atoms with Crippen LogP contribution in [0, 0.1) is 0 Å². The van der Waals surface area contributed by atoms with Crippen molar-refractivity contribution < 1.29 is 28.6 Å². The summed E-state index contributed by atoms with van der Waals surface area (Å²) in [7, 11) is 0. The molecule has 6 aliphatic rings. The molecule has 0 atom stereocenters. The molecule has 2 aromatic rings. The fraction of sp³-hybridized carbons (Fsp3) is 0.651. The smallest absolute Gasteiger partial charge is 0.414 e. The number of morpholine rings is 2. The Morgan fingerprint density at radius 3 is 1.69 bits per heavy atom. The summed E-state index contributed by atoms with van der Waals surface area (Å²) in [4.78, 5) is 47.1. The summed E-state index contributed by atoms with van der Waals surface area (Å²) in [6.45, 7) is 22.9. The molecule has 2 aromatic carbocycles. The lowest BCUT2D eigenvalue weighted by molar-refractivity contribution is -0.131. The van der Waals surface area contributed by atoms with Crippen molar-refractivity contribution in [2.24, 2.45) is 0 Å². The minimum absolute atomic E-state index is 0.123. The van der Waals surface area contributed by atoms with Crippen LogP contribution in [0.3, 0.4) is 0 Å². The third kappa shape index (κ3) is 8.98. The fourth-order valence-corrected chi connectivity index (χ4v) is 9.34. The largest absolute Gasteiger partial charge is 0.443 e. The van der Waals surface area contributed by atoms with Crippen molar-refractivity contribution in [3.8, 4) is 0 Å². The zero-order chi connectivity index (χ0) is 38.8. The maximum atomic E-state index is 13.0. The first-order valence-corrected chi connectivity index (χ1v) is 20.5. The van der Waals surface area contributed by atoms with Crippen molar-refractivity contribution in [3.63, 3.8) is 0 Å². The molecule has 0 aromatic heterocycles. The van der Waals surface area contributed by atoms with Crippen molar-refractivity contribution in [3.05, 3.63) is 58.7 Å². The van der Waals surface area contributed by atoms with Crippen LogP contribution in [0.5, 0.6) is 0 Å². The van der Waals surface area contributed by atoms with Gasteiger partial charge in [-0.3, -0.25) is 24.3 Å². The highest BCUT2D eigenvalue weighted by molar-refractivity contribution is 5.92. The van der Waals surface area contributed by atoms with Crippen LogP contribution in [0.15, 0.2) is 36.4 Å². The number of fused-ring (bicyclic) bond motifs is 4. The first kappa shape index (κ1) is 39.5. The molecule has 2 spiro atoms. The number of carbonyl (C=O) groups excluding carboxylic acids is 3.